The highest BCUT2D eigenvalue weighted by Crippen LogP contribution is 2.13. The zero-order valence-corrected chi connectivity index (χ0v) is 24.9. The molecule has 0 aromatic heterocycles. The molecule has 2 atom stereocenters. The first kappa shape index (κ1) is 39.3. The molecule has 2 unspecified atom stereocenters. The molecule has 8 nitrogen and oxygen atoms in total. The van der Waals surface area contributed by atoms with Crippen LogP contribution in [0.2, 0.25) is 0 Å². The van der Waals surface area contributed by atoms with E-state index in [0.717, 1.165) is 0 Å². The number of nitrogens with zero attached hydrogens (tertiary/aromatic N) is 2. The van der Waals surface area contributed by atoms with Crippen molar-refractivity contribution in [2.24, 2.45) is 0 Å². The Labute approximate surface area is 222 Å². The first-order chi connectivity index (χ1) is 16.9. The summed E-state index contributed by atoms with van der Waals surface area (Å²) in [6.45, 7) is 29.6. The highest BCUT2D eigenvalue weighted by Gasteiger charge is 2.23. The highest BCUT2D eigenvalue weighted by atomic mass is 16.4. The van der Waals surface area contributed by atoms with Gasteiger partial charge in [-0.05, 0) is 51.4 Å². The average Bonchev–Trinajstić information content (AvgIpc) is 2.80. The zero-order valence-electron chi connectivity index (χ0n) is 24.9. The first-order valence-electron chi connectivity index (χ1n) is 14.4. The number of aliphatic carboxylic acids is 2. The van der Waals surface area contributed by atoms with Gasteiger partial charge < -0.3 is 39.0 Å². The van der Waals surface area contributed by atoms with Gasteiger partial charge in [-0.1, -0.05) is 55.4 Å². The van der Waals surface area contributed by atoms with Gasteiger partial charge in [-0.25, -0.2) is 0 Å². The molecule has 0 spiro atoms. The summed E-state index contributed by atoms with van der Waals surface area (Å²) in [5.41, 5.74) is 0. The van der Waals surface area contributed by atoms with Crippen LogP contribution in [-0.2, 0) is 9.59 Å². The van der Waals surface area contributed by atoms with Crippen molar-refractivity contribution in [3.05, 3.63) is 0 Å². The Bertz CT molecular complexity index is 425. The number of aliphatic hydroxyl groups is 2. The fraction of sp³-hybridized carbons (Fsp3) is 0.929. The van der Waals surface area contributed by atoms with Gasteiger partial charge in [0.25, 0.3) is 0 Å². The van der Waals surface area contributed by atoms with E-state index >= 15 is 0 Å². The lowest BCUT2D eigenvalue weighted by molar-refractivity contribution is -0.928. The molecular weight excluding hydrogens is 460 g/mol. The van der Waals surface area contributed by atoms with Gasteiger partial charge in [0.15, 0.2) is 0 Å². The quantitative estimate of drug-likeness (QED) is 0.252. The van der Waals surface area contributed by atoms with Crippen molar-refractivity contribution >= 4 is 11.9 Å². The van der Waals surface area contributed by atoms with Crippen LogP contribution in [-0.4, -0.2) is 95.7 Å². The Morgan fingerprint density at radius 1 is 0.472 bits per heavy atom. The van der Waals surface area contributed by atoms with Crippen LogP contribution in [0.4, 0.5) is 0 Å². The molecule has 0 radical (unpaired) electrons. The number of aliphatic hydroxyl groups excluding tert-OH is 2. The van der Waals surface area contributed by atoms with E-state index in [1.807, 2.05) is 0 Å². The molecule has 36 heavy (non-hydrogen) atoms. The molecule has 0 fully saturated rings. The molecular formula is C28H60N2O6. The van der Waals surface area contributed by atoms with Gasteiger partial charge in [0.05, 0.1) is 64.3 Å². The predicted octanol–water partition coefficient (Wildman–Crippen LogP) is 2.09. The van der Waals surface area contributed by atoms with E-state index in [0.29, 0.717) is 0 Å². The van der Waals surface area contributed by atoms with Gasteiger partial charge >= 0.3 is 0 Å². The van der Waals surface area contributed by atoms with Crippen molar-refractivity contribution < 1.29 is 39.0 Å². The van der Waals surface area contributed by atoms with Crippen LogP contribution in [0.25, 0.3) is 0 Å². The van der Waals surface area contributed by atoms with Gasteiger partial charge in [0, 0.05) is 0 Å². The molecule has 8 heteroatoms. The molecule has 0 saturated carbocycles. The average molecular weight is 521 g/mol. The maximum Gasteiger partial charge on any atom is 0.124 e. The summed E-state index contributed by atoms with van der Waals surface area (Å²) in [6.07, 6.45) is 5.79. The summed E-state index contributed by atoms with van der Waals surface area (Å²) in [5, 5.41) is 35.7. The molecule has 0 aromatic rings. The van der Waals surface area contributed by atoms with Crippen LogP contribution < -0.4 is 10.2 Å². The van der Waals surface area contributed by atoms with Crippen LogP contribution in [0.1, 0.15) is 107 Å². The van der Waals surface area contributed by atoms with Crippen LogP contribution in [0.5, 0.6) is 0 Å². The van der Waals surface area contributed by atoms with Gasteiger partial charge in [-0.15, -0.1) is 0 Å². The molecule has 0 aromatic carbocycles. The Balaban J connectivity index is -0.000000459. The number of rotatable bonds is 19. The standard InChI is InChI=1S/2C12H28N.C4H6O6/c2*1-5-9-13(10-6-2,11-7-3)12-8-4;5-1(3(7)8)2(6)4(9)10/h2*5-12H2,1-4H3;1-2,5-6H,(H,7,8)(H,9,10)/q2*+1;/p-2. The minimum absolute atomic E-state index is 1.33. The van der Waals surface area contributed by atoms with Gasteiger partial charge in [-0.3, -0.25) is 0 Å². The monoisotopic (exact) mass is 520 g/mol. The summed E-state index contributed by atoms with van der Waals surface area (Å²) in [5.74, 6) is -4.12. The molecule has 0 aliphatic heterocycles. The maximum absolute atomic E-state index is 9.63. The van der Waals surface area contributed by atoms with Gasteiger partial charge in [-0.2, -0.15) is 0 Å². The third-order valence-corrected chi connectivity index (χ3v) is 6.37. The molecule has 0 aliphatic rings. The highest BCUT2D eigenvalue weighted by molar-refractivity contribution is 5.80. The Morgan fingerprint density at radius 2 is 0.611 bits per heavy atom. The van der Waals surface area contributed by atoms with E-state index in [1.54, 1.807) is 0 Å². The molecule has 2 N–H and O–H groups in total. The van der Waals surface area contributed by atoms with E-state index < -0.39 is 24.1 Å². The lowest BCUT2D eigenvalue weighted by atomic mass is 10.2. The summed E-state index contributed by atoms with van der Waals surface area (Å²) in [6, 6.07) is 0. The topological polar surface area (TPSA) is 121 Å². The maximum atomic E-state index is 9.63. The number of hydrogen-bond donors (Lipinski definition) is 2. The molecule has 218 valence electrons. The van der Waals surface area contributed by atoms with Crippen LogP contribution in [0.15, 0.2) is 0 Å². The van der Waals surface area contributed by atoms with Gasteiger partial charge in [0.2, 0.25) is 0 Å². The molecule has 0 bridgehead atoms. The SMILES string of the molecule is CCC[N+](CCC)(CCC)CCC.CCC[N+](CCC)(CCC)CCC.O=C([O-])C(O)C(O)C(=O)[O-]. The second-order valence-corrected chi connectivity index (χ2v) is 10.00. The number of carbonyl (C=O) groups excluding carboxylic acids is 2. The summed E-state index contributed by atoms with van der Waals surface area (Å²) in [7, 11) is 0. The number of carboxylic acids is 2. The molecule has 0 heterocycles. The fourth-order valence-electron chi connectivity index (χ4n) is 5.39. The van der Waals surface area contributed by atoms with Crippen LogP contribution in [0, 0.1) is 0 Å². The number of carbonyl (C=O) groups is 2. The van der Waals surface area contributed by atoms with Crippen molar-refractivity contribution in [1.82, 2.24) is 0 Å². The fourth-order valence-corrected chi connectivity index (χ4v) is 5.39. The summed E-state index contributed by atoms with van der Waals surface area (Å²) < 4.78 is 2.75. The molecule has 0 saturated heterocycles. The van der Waals surface area contributed by atoms with Crippen LogP contribution in [0.3, 0.4) is 0 Å². The van der Waals surface area contributed by atoms with E-state index in [9.17, 15) is 19.8 Å². The minimum atomic E-state index is -2.44. The Morgan fingerprint density at radius 3 is 0.694 bits per heavy atom. The zero-order chi connectivity index (χ0) is 28.6. The normalized spacial score (nSPS) is 13.1. The number of hydrogen-bond acceptors (Lipinski definition) is 6. The smallest absolute Gasteiger partial charge is 0.124 e. The van der Waals surface area contributed by atoms with E-state index in [2.05, 4.69) is 55.4 Å². The van der Waals surface area contributed by atoms with E-state index in [4.69, 9.17) is 10.2 Å². The molecule has 0 rings (SSSR count). The van der Waals surface area contributed by atoms with E-state index in [1.165, 1.54) is 113 Å². The second-order valence-electron chi connectivity index (χ2n) is 10.00. The largest absolute Gasteiger partial charge is 0.547 e. The second kappa shape index (κ2) is 24.1. The molecule has 0 amide bonds. The number of quaternary nitrogens is 2. The summed E-state index contributed by atoms with van der Waals surface area (Å²) >= 11 is 0. The third kappa shape index (κ3) is 18.1. The number of carboxylic acid groups (broad SMARTS) is 2. The van der Waals surface area contributed by atoms with Crippen molar-refractivity contribution in [3.8, 4) is 0 Å². The Hall–Kier alpha value is -1.22. The molecule has 0 aliphatic carbocycles. The predicted molar refractivity (Wildman–Crippen MR) is 144 cm³/mol. The minimum Gasteiger partial charge on any atom is -0.547 e. The van der Waals surface area contributed by atoms with Crippen molar-refractivity contribution in [3.63, 3.8) is 0 Å². The van der Waals surface area contributed by atoms with Gasteiger partial charge in [0.1, 0.15) is 12.2 Å². The lowest BCUT2D eigenvalue weighted by Crippen LogP contribution is -2.51. The summed E-state index contributed by atoms with van der Waals surface area (Å²) in [4.78, 5) is 19.3. The first-order valence-corrected chi connectivity index (χ1v) is 14.4. The Kier molecular flexibility index (Phi) is 26.3. The third-order valence-electron chi connectivity index (χ3n) is 6.37. The van der Waals surface area contributed by atoms with E-state index in [-0.39, 0.29) is 0 Å². The lowest BCUT2D eigenvalue weighted by Gasteiger charge is -2.38. The van der Waals surface area contributed by atoms with Crippen molar-refractivity contribution in [2.45, 2.75) is 119 Å². The van der Waals surface area contributed by atoms with Crippen LogP contribution >= 0.6 is 0 Å². The van der Waals surface area contributed by atoms with Crippen molar-refractivity contribution in [1.29, 1.82) is 0 Å². The van der Waals surface area contributed by atoms with Crippen molar-refractivity contribution in [2.75, 3.05) is 52.4 Å².